The van der Waals surface area contributed by atoms with Gasteiger partial charge in [0.15, 0.2) is 5.65 Å². The Bertz CT molecular complexity index is 1230. The second kappa shape index (κ2) is 6.97. The average Bonchev–Trinajstić information content (AvgIpc) is 3.12. The number of aromatic nitrogens is 3. The predicted molar refractivity (Wildman–Crippen MR) is 107 cm³/mol. The summed E-state index contributed by atoms with van der Waals surface area (Å²) in [6, 6.07) is 18.9. The lowest BCUT2D eigenvalue weighted by molar-refractivity contribution is 0.102. The second-order valence-corrected chi connectivity index (χ2v) is 6.56. The van der Waals surface area contributed by atoms with E-state index in [2.05, 4.69) is 21.5 Å². The van der Waals surface area contributed by atoms with Gasteiger partial charge in [0.2, 0.25) is 0 Å². The molecule has 2 heterocycles. The average molecular weight is 367 g/mol. The quantitative estimate of drug-likeness (QED) is 0.590. The maximum atomic E-state index is 12.8. The smallest absolute Gasteiger partial charge is 0.261 e. The van der Waals surface area contributed by atoms with Crippen LogP contribution in [0.25, 0.3) is 16.8 Å². The molecule has 136 valence electrons. The third-order valence-electron chi connectivity index (χ3n) is 4.49. The highest BCUT2D eigenvalue weighted by atomic mass is 16.1. The van der Waals surface area contributed by atoms with Crippen molar-refractivity contribution in [1.82, 2.24) is 14.6 Å². The van der Waals surface area contributed by atoms with Crippen molar-refractivity contribution >= 4 is 17.2 Å². The van der Waals surface area contributed by atoms with Crippen molar-refractivity contribution in [2.75, 3.05) is 5.32 Å². The minimum atomic E-state index is -0.260. The van der Waals surface area contributed by atoms with E-state index in [1.54, 1.807) is 16.6 Å². The molecule has 0 unspecified atom stereocenters. The van der Waals surface area contributed by atoms with Crippen LogP contribution >= 0.6 is 0 Å². The number of carbonyl (C=O) groups is 1. The molecule has 0 aliphatic rings. The van der Waals surface area contributed by atoms with E-state index in [-0.39, 0.29) is 5.91 Å². The molecule has 0 aliphatic heterocycles. The van der Waals surface area contributed by atoms with Gasteiger partial charge in [0, 0.05) is 17.1 Å². The number of carbonyl (C=O) groups excluding carboxylic acids is 1. The van der Waals surface area contributed by atoms with Crippen molar-refractivity contribution < 1.29 is 4.79 Å². The van der Waals surface area contributed by atoms with Gasteiger partial charge in [0.05, 0.1) is 17.8 Å². The molecule has 0 bridgehead atoms. The third-order valence-corrected chi connectivity index (χ3v) is 4.49. The van der Waals surface area contributed by atoms with Gasteiger partial charge < -0.3 is 5.32 Å². The van der Waals surface area contributed by atoms with E-state index >= 15 is 0 Å². The Hall–Kier alpha value is -3.98. The highest BCUT2D eigenvalue weighted by molar-refractivity contribution is 6.08. The topological polar surface area (TPSA) is 83.1 Å². The summed E-state index contributed by atoms with van der Waals surface area (Å²) in [5, 5.41) is 16.1. The molecule has 1 N–H and O–H groups in total. The predicted octanol–water partition coefficient (Wildman–Crippen LogP) is 4.14. The number of benzene rings is 2. The van der Waals surface area contributed by atoms with Crippen LogP contribution in [0.15, 0.2) is 60.8 Å². The van der Waals surface area contributed by atoms with Crippen LogP contribution in [0.2, 0.25) is 0 Å². The zero-order chi connectivity index (χ0) is 19.7. The zero-order valence-corrected chi connectivity index (χ0v) is 15.5. The molecule has 0 spiro atoms. The molecule has 2 aromatic carbocycles. The molecular weight excluding hydrogens is 350 g/mol. The van der Waals surface area contributed by atoms with Gasteiger partial charge in [-0.2, -0.15) is 10.4 Å². The Morgan fingerprint density at radius 2 is 1.86 bits per heavy atom. The molecule has 4 aromatic rings. The lowest BCUT2D eigenvalue weighted by atomic mass is 10.0. The Morgan fingerprint density at radius 1 is 1.07 bits per heavy atom. The fourth-order valence-corrected chi connectivity index (χ4v) is 3.14. The molecule has 6 heteroatoms. The van der Waals surface area contributed by atoms with E-state index in [1.165, 1.54) is 6.20 Å². The van der Waals surface area contributed by atoms with E-state index in [4.69, 9.17) is 5.26 Å². The van der Waals surface area contributed by atoms with Gasteiger partial charge >= 0.3 is 0 Å². The maximum Gasteiger partial charge on any atom is 0.261 e. The van der Waals surface area contributed by atoms with E-state index in [9.17, 15) is 4.79 Å². The standard InChI is InChI=1S/C22H17N5O/c1-14-10-15(2)27-21(25-14)20(13-24-27)22(28)26-19-5-3-4-18(11-19)17-8-6-16(12-23)7-9-17/h3-11,13H,1-2H3,(H,26,28). The summed E-state index contributed by atoms with van der Waals surface area (Å²) in [7, 11) is 0. The Kier molecular flexibility index (Phi) is 4.34. The van der Waals surface area contributed by atoms with E-state index in [0.29, 0.717) is 22.5 Å². The molecule has 0 aliphatic carbocycles. The molecule has 0 saturated heterocycles. The molecule has 4 rings (SSSR count). The highest BCUT2D eigenvalue weighted by Crippen LogP contribution is 2.24. The van der Waals surface area contributed by atoms with Crippen LogP contribution in [0, 0.1) is 25.2 Å². The molecule has 0 saturated carbocycles. The van der Waals surface area contributed by atoms with Crippen LogP contribution in [0.3, 0.4) is 0 Å². The Morgan fingerprint density at radius 3 is 2.61 bits per heavy atom. The number of hydrogen-bond acceptors (Lipinski definition) is 4. The lowest BCUT2D eigenvalue weighted by Crippen LogP contribution is -2.12. The van der Waals surface area contributed by atoms with Crippen LogP contribution in [-0.4, -0.2) is 20.5 Å². The molecule has 1 amide bonds. The highest BCUT2D eigenvalue weighted by Gasteiger charge is 2.16. The van der Waals surface area contributed by atoms with Gasteiger partial charge in [0.25, 0.3) is 5.91 Å². The summed E-state index contributed by atoms with van der Waals surface area (Å²) in [4.78, 5) is 17.3. The monoisotopic (exact) mass is 367 g/mol. The first-order valence-electron chi connectivity index (χ1n) is 8.79. The first-order valence-corrected chi connectivity index (χ1v) is 8.79. The molecular formula is C22H17N5O. The van der Waals surface area contributed by atoms with E-state index in [0.717, 1.165) is 22.5 Å². The zero-order valence-electron chi connectivity index (χ0n) is 15.5. The van der Waals surface area contributed by atoms with Crippen molar-refractivity contribution in [1.29, 1.82) is 5.26 Å². The van der Waals surface area contributed by atoms with Gasteiger partial charge in [-0.25, -0.2) is 9.50 Å². The van der Waals surface area contributed by atoms with E-state index in [1.807, 2.05) is 56.3 Å². The molecule has 6 nitrogen and oxygen atoms in total. The number of nitrogens with zero attached hydrogens (tertiary/aromatic N) is 4. The summed E-state index contributed by atoms with van der Waals surface area (Å²) in [6.07, 6.45) is 1.54. The van der Waals surface area contributed by atoms with Crippen molar-refractivity contribution in [3.8, 4) is 17.2 Å². The first-order chi connectivity index (χ1) is 13.5. The summed E-state index contributed by atoms with van der Waals surface area (Å²) < 4.78 is 1.66. The van der Waals surface area contributed by atoms with Gasteiger partial charge in [-0.3, -0.25) is 4.79 Å². The molecule has 0 atom stereocenters. The first kappa shape index (κ1) is 17.4. The van der Waals surface area contributed by atoms with Crippen LogP contribution < -0.4 is 5.32 Å². The van der Waals surface area contributed by atoms with Gasteiger partial charge in [-0.05, 0) is 55.3 Å². The van der Waals surface area contributed by atoms with Crippen LogP contribution in [0.4, 0.5) is 5.69 Å². The van der Waals surface area contributed by atoms with Gasteiger partial charge in [0.1, 0.15) is 5.56 Å². The largest absolute Gasteiger partial charge is 0.322 e. The fourth-order valence-electron chi connectivity index (χ4n) is 3.14. The molecule has 0 fully saturated rings. The lowest BCUT2D eigenvalue weighted by Gasteiger charge is -2.08. The molecule has 2 aromatic heterocycles. The maximum absolute atomic E-state index is 12.8. The van der Waals surface area contributed by atoms with Crippen molar-refractivity contribution in [2.45, 2.75) is 13.8 Å². The SMILES string of the molecule is Cc1cc(C)n2ncc(C(=O)Nc3cccc(-c4ccc(C#N)cc4)c3)c2n1. The summed E-state index contributed by atoms with van der Waals surface area (Å²) in [5.41, 5.74) is 5.93. The number of aryl methyl sites for hydroxylation is 2. The van der Waals surface area contributed by atoms with Gasteiger partial charge in [-0.15, -0.1) is 0 Å². The van der Waals surface area contributed by atoms with Gasteiger partial charge in [-0.1, -0.05) is 24.3 Å². The van der Waals surface area contributed by atoms with E-state index < -0.39 is 0 Å². The molecule has 28 heavy (non-hydrogen) atoms. The fraction of sp³-hybridized carbons (Fsp3) is 0.0909. The van der Waals surface area contributed by atoms with Crippen LogP contribution in [0.5, 0.6) is 0 Å². The number of nitrogens with one attached hydrogen (secondary N) is 1. The number of amides is 1. The number of anilines is 1. The Balaban J connectivity index is 1.63. The van der Waals surface area contributed by atoms with Crippen molar-refractivity contribution in [3.63, 3.8) is 0 Å². The summed E-state index contributed by atoms with van der Waals surface area (Å²) in [5.74, 6) is -0.260. The summed E-state index contributed by atoms with van der Waals surface area (Å²) >= 11 is 0. The number of rotatable bonds is 3. The minimum Gasteiger partial charge on any atom is -0.322 e. The third kappa shape index (κ3) is 3.21. The Labute approximate surface area is 162 Å². The van der Waals surface area contributed by atoms with Crippen LogP contribution in [0.1, 0.15) is 27.3 Å². The second-order valence-electron chi connectivity index (χ2n) is 6.56. The summed E-state index contributed by atoms with van der Waals surface area (Å²) in [6.45, 7) is 3.82. The van der Waals surface area contributed by atoms with Crippen molar-refractivity contribution in [3.05, 3.63) is 83.3 Å². The number of hydrogen-bond donors (Lipinski definition) is 1. The number of nitriles is 1. The van der Waals surface area contributed by atoms with Crippen LogP contribution in [-0.2, 0) is 0 Å². The normalized spacial score (nSPS) is 10.6. The minimum absolute atomic E-state index is 0.260. The number of fused-ring (bicyclic) bond motifs is 1. The van der Waals surface area contributed by atoms with Crippen molar-refractivity contribution in [2.24, 2.45) is 0 Å². The molecule has 0 radical (unpaired) electrons.